The largest absolute Gasteiger partial charge is 0.503 e. The maximum atomic E-state index is 12.7. The molecule has 4 amide bonds. The minimum Gasteiger partial charge on any atom is -0.503 e. The van der Waals surface area contributed by atoms with Crippen molar-refractivity contribution in [2.75, 3.05) is 25.6 Å². The summed E-state index contributed by atoms with van der Waals surface area (Å²) in [5.41, 5.74) is 0.933. The lowest BCUT2D eigenvalue weighted by molar-refractivity contribution is -0.127. The van der Waals surface area contributed by atoms with Crippen molar-refractivity contribution in [3.05, 3.63) is 52.1 Å². The Morgan fingerprint density at radius 2 is 2.00 bits per heavy atom. The summed E-state index contributed by atoms with van der Waals surface area (Å²) in [5.74, 6) is -0.590. The minimum absolute atomic E-state index is 0.00451. The number of carbonyl (C=O) groups excluding carboxylic acids is 3. The van der Waals surface area contributed by atoms with Crippen LogP contribution in [0.2, 0.25) is 0 Å². The SMILES string of the molecule is CCOc1cc(/C=C2/NC(=O)N(CC(=O)Nc3ccccc3OC)C2=O)cc(Br)c1O. The number of carbonyl (C=O) groups is 3. The van der Waals surface area contributed by atoms with E-state index in [0.717, 1.165) is 4.90 Å². The number of imide groups is 1. The quantitative estimate of drug-likeness (QED) is 0.406. The van der Waals surface area contributed by atoms with Gasteiger partial charge in [-0.15, -0.1) is 0 Å². The van der Waals surface area contributed by atoms with Crippen molar-refractivity contribution >= 4 is 45.5 Å². The first-order chi connectivity index (χ1) is 14.8. The Morgan fingerprint density at radius 3 is 2.71 bits per heavy atom. The van der Waals surface area contributed by atoms with Gasteiger partial charge < -0.3 is 25.2 Å². The number of para-hydroxylation sites is 2. The standard InChI is InChI=1S/C21H20BrN3O6/c1-3-31-17-10-12(8-13(22)19(17)27)9-15-20(28)25(21(29)24-15)11-18(26)23-14-6-4-5-7-16(14)30-2/h4-10,27H,3,11H2,1-2H3,(H,23,26)(H,24,29)/b15-9+. The molecule has 162 valence electrons. The Balaban J connectivity index is 1.76. The molecule has 1 saturated heterocycles. The van der Waals surface area contributed by atoms with Gasteiger partial charge in [0.2, 0.25) is 5.91 Å². The van der Waals surface area contributed by atoms with Crippen molar-refractivity contribution in [1.82, 2.24) is 10.2 Å². The molecule has 0 bridgehead atoms. The Morgan fingerprint density at radius 1 is 1.26 bits per heavy atom. The first-order valence-corrected chi connectivity index (χ1v) is 10.1. The van der Waals surface area contributed by atoms with Gasteiger partial charge in [-0.25, -0.2) is 9.69 Å². The van der Waals surface area contributed by atoms with Crippen molar-refractivity contribution < 1.29 is 29.0 Å². The average molecular weight is 490 g/mol. The minimum atomic E-state index is -0.714. The van der Waals surface area contributed by atoms with E-state index in [2.05, 4.69) is 26.6 Å². The summed E-state index contributed by atoms with van der Waals surface area (Å²) in [7, 11) is 1.47. The molecule has 1 aliphatic heterocycles. The molecule has 2 aromatic rings. The number of nitrogens with zero attached hydrogens (tertiary/aromatic N) is 1. The topological polar surface area (TPSA) is 117 Å². The molecule has 0 radical (unpaired) electrons. The number of ether oxygens (including phenoxy) is 2. The molecule has 1 fully saturated rings. The van der Waals surface area contributed by atoms with Crippen LogP contribution in [0.1, 0.15) is 12.5 Å². The molecular weight excluding hydrogens is 470 g/mol. The van der Waals surface area contributed by atoms with E-state index in [-0.39, 0.29) is 17.2 Å². The van der Waals surface area contributed by atoms with E-state index >= 15 is 0 Å². The summed E-state index contributed by atoms with van der Waals surface area (Å²) in [6.07, 6.45) is 1.44. The highest BCUT2D eigenvalue weighted by Gasteiger charge is 2.35. The molecule has 3 rings (SSSR count). The number of benzene rings is 2. The van der Waals surface area contributed by atoms with Gasteiger partial charge in [0.05, 0.1) is 23.9 Å². The maximum Gasteiger partial charge on any atom is 0.329 e. The lowest BCUT2D eigenvalue weighted by Crippen LogP contribution is -2.38. The second-order valence-corrected chi connectivity index (χ2v) is 7.26. The van der Waals surface area contributed by atoms with Gasteiger partial charge in [0, 0.05) is 0 Å². The lowest BCUT2D eigenvalue weighted by Gasteiger charge is -2.13. The highest BCUT2D eigenvalue weighted by molar-refractivity contribution is 9.10. The Bertz CT molecular complexity index is 1070. The molecule has 2 aromatic carbocycles. The second kappa shape index (κ2) is 9.52. The van der Waals surface area contributed by atoms with E-state index in [4.69, 9.17) is 9.47 Å². The molecule has 9 nitrogen and oxygen atoms in total. The molecule has 0 aromatic heterocycles. The van der Waals surface area contributed by atoms with Crippen LogP contribution in [-0.4, -0.2) is 48.1 Å². The lowest BCUT2D eigenvalue weighted by atomic mass is 10.1. The monoisotopic (exact) mass is 489 g/mol. The third kappa shape index (κ3) is 4.97. The van der Waals surface area contributed by atoms with Crippen LogP contribution < -0.4 is 20.1 Å². The Hall–Kier alpha value is -3.53. The van der Waals surface area contributed by atoms with Crippen molar-refractivity contribution in [1.29, 1.82) is 0 Å². The number of phenolic OH excluding ortho intramolecular Hbond substituents is 1. The molecule has 1 aliphatic rings. The van der Waals surface area contributed by atoms with E-state index in [1.165, 1.54) is 19.3 Å². The zero-order chi connectivity index (χ0) is 22.5. The number of nitrogens with one attached hydrogen (secondary N) is 2. The predicted molar refractivity (Wildman–Crippen MR) is 117 cm³/mol. The first-order valence-electron chi connectivity index (χ1n) is 9.26. The molecule has 0 saturated carbocycles. The number of aromatic hydroxyl groups is 1. The van der Waals surface area contributed by atoms with Crippen LogP contribution >= 0.6 is 15.9 Å². The third-order valence-electron chi connectivity index (χ3n) is 4.31. The maximum absolute atomic E-state index is 12.7. The smallest absolute Gasteiger partial charge is 0.329 e. The fourth-order valence-corrected chi connectivity index (χ4v) is 3.37. The van der Waals surface area contributed by atoms with Gasteiger partial charge >= 0.3 is 6.03 Å². The summed E-state index contributed by atoms with van der Waals surface area (Å²) in [5, 5.41) is 15.1. The molecule has 0 spiro atoms. The van der Waals surface area contributed by atoms with Crippen LogP contribution in [0.4, 0.5) is 10.5 Å². The number of urea groups is 1. The third-order valence-corrected chi connectivity index (χ3v) is 4.91. The highest BCUT2D eigenvalue weighted by atomic mass is 79.9. The zero-order valence-corrected chi connectivity index (χ0v) is 18.4. The van der Waals surface area contributed by atoms with Gasteiger partial charge in [0.25, 0.3) is 5.91 Å². The number of methoxy groups -OCH3 is 1. The molecule has 3 N–H and O–H groups in total. The van der Waals surface area contributed by atoms with E-state index in [0.29, 0.717) is 28.1 Å². The molecule has 0 aliphatic carbocycles. The van der Waals surface area contributed by atoms with Crippen LogP contribution in [0, 0.1) is 0 Å². The van der Waals surface area contributed by atoms with Crippen molar-refractivity contribution in [3.63, 3.8) is 0 Å². The number of hydrogen-bond donors (Lipinski definition) is 3. The van der Waals surface area contributed by atoms with Crippen LogP contribution in [0.5, 0.6) is 17.2 Å². The molecule has 0 unspecified atom stereocenters. The van der Waals surface area contributed by atoms with Gasteiger partial charge in [-0.1, -0.05) is 12.1 Å². The number of amides is 4. The van der Waals surface area contributed by atoms with Crippen molar-refractivity contribution in [2.24, 2.45) is 0 Å². The molecule has 31 heavy (non-hydrogen) atoms. The van der Waals surface area contributed by atoms with E-state index < -0.39 is 24.4 Å². The number of halogens is 1. The number of hydrogen-bond acceptors (Lipinski definition) is 6. The molecular formula is C21H20BrN3O6. The van der Waals surface area contributed by atoms with Crippen LogP contribution in [0.3, 0.4) is 0 Å². The summed E-state index contributed by atoms with van der Waals surface area (Å²) < 4.78 is 10.9. The van der Waals surface area contributed by atoms with Crippen molar-refractivity contribution in [3.8, 4) is 17.2 Å². The zero-order valence-electron chi connectivity index (χ0n) is 16.8. The van der Waals surface area contributed by atoms with E-state index in [9.17, 15) is 19.5 Å². The summed E-state index contributed by atoms with van der Waals surface area (Å²) >= 11 is 3.23. The summed E-state index contributed by atoms with van der Waals surface area (Å²) in [6.45, 7) is 1.64. The van der Waals surface area contributed by atoms with Crippen LogP contribution in [0.15, 0.2) is 46.6 Å². The summed E-state index contributed by atoms with van der Waals surface area (Å²) in [6, 6.07) is 9.19. The molecule has 10 heteroatoms. The highest BCUT2D eigenvalue weighted by Crippen LogP contribution is 2.36. The van der Waals surface area contributed by atoms with Gasteiger partial charge in [-0.05, 0) is 58.8 Å². The number of anilines is 1. The van der Waals surface area contributed by atoms with Gasteiger partial charge in [0.15, 0.2) is 11.5 Å². The van der Waals surface area contributed by atoms with Crippen LogP contribution in [-0.2, 0) is 9.59 Å². The average Bonchev–Trinajstić information content (AvgIpc) is 2.99. The van der Waals surface area contributed by atoms with Crippen LogP contribution in [0.25, 0.3) is 6.08 Å². The fraction of sp³-hybridized carbons (Fsp3) is 0.190. The Labute approximate surface area is 186 Å². The van der Waals surface area contributed by atoms with E-state index in [1.807, 2.05) is 0 Å². The van der Waals surface area contributed by atoms with Gasteiger partial charge in [-0.2, -0.15) is 0 Å². The predicted octanol–water partition coefficient (Wildman–Crippen LogP) is 3.09. The Kier molecular flexibility index (Phi) is 6.81. The second-order valence-electron chi connectivity index (χ2n) is 6.41. The van der Waals surface area contributed by atoms with E-state index in [1.54, 1.807) is 37.3 Å². The van der Waals surface area contributed by atoms with Gasteiger partial charge in [0.1, 0.15) is 18.0 Å². The van der Waals surface area contributed by atoms with Gasteiger partial charge in [-0.3, -0.25) is 9.59 Å². The number of phenols is 1. The summed E-state index contributed by atoms with van der Waals surface area (Å²) in [4.78, 5) is 38.1. The molecule has 0 atom stereocenters. The van der Waals surface area contributed by atoms with Crippen molar-refractivity contribution in [2.45, 2.75) is 6.92 Å². The normalized spacial score (nSPS) is 14.5. The molecule has 1 heterocycles. The first kappa shape index (κ1) is 22.2. The number of rotatable bonds is 7. The fourth-order valence-electron chi connectivity index (χ4n) is 2.91.